The first-order valence-corrected chi connectivity index (χ1v) is 12.3. The molecule has 2 heterocycles. The van der Waals surface area contributed by atoms with Gasteiger partial charge in [-0.3, -0.25) is 4.79 Å². The summed E-state index contributed by atoms with van der Waals surface area (Å²) in [5, 5.41) is 16.7. The second kappa shape index (κ2) is 11.0. The van der Waals surface area contributed by atoms with E-state index < -0.39 is 35.5 Å². The summed E-state index contributed by atoms with van der Waals surface area (Å²) in [6.07, 6.45) is -2.01. The van der Waals surface area contributed by atoms with Crippen LogP contribution in [0.2, 0.25) is 5.02 Å². The molecule has 8 nitrogen and oxygen atoms in total. The molecule has 41 heavy (non-hydrogen) atoms. The molecule has 5 aromatic rings. The molecule has 0 saturated heterocycles. The quantitative estimate of drug-likeness (QED) is 0.176. The van der Waals surface area contributed by atoms with Crippen LogP contribution in [-0.2, 0) is 17.4 Å². The van der Waals surface area contributed by atoms with Crippen LogP contribution in [0.5, 0.6) is 0 Å². The van der Waals surface area contributed by atoms with E-state index in [0.717, 1.165) is 11.6 Å². The van der Waals surface area contributed by atoms with Crippen molar-refractivity contribution in [2.75, 3.05) is 5.32 Å². The highest BCUT2D eigenvalue weighted by molar-refractivity contribution is 6.32. The number of rotatable bonds is 6. The van der Waals surface area contributed by atoms with Gasteiger partial charge in [0.25, 0.3) is 0 Å². The van der Waals surface area contributed by atoms with Crippen LogP contribution in [0.15, 0.2) is 63.8 Å². The molecule has 3 aromatic carbocycles. The summed E-state index contributed by atoms with van der Waals surface area (Å²) in [6.45, 7) is 1.77. The minimum atomic E-state index is -4.89. The van der Waals surface area contributed by atoms with Crippen molar-refractivity contribution in [3.63, 3.8) is 0 Å². The topological polar surface area (TPSA) is 114 Å². The van der Waals surface area contributed by atoms with Crippen molar-refractivity contribution in [2.45, 2.75) is 19.5 Å². The lowest BCUT2D eigenvalue weighted by Gasteiger charge is -2.14. The molecule has 5 rings (SSSR count). The Hall–Kier alpha value is -4.84. The van der Waals surface area contributed by atoms with Crippen LogP contribution in [0, 0.1) is 12.7 Å². The van der Waals surface area contributed by atoms with Gasteiger partial charge in [0.05, 0.1) is 17.5 Å². The van der Waals surface area contributed by atoms with Gasteiger partial charge in [-0.25, -0.2) is 14.3 Å². The van der Waals surface area contributed by atoms with Gasteiger partial charge >= 0.3 is 11.8 Å². The lowest BCUT2D eigenvalue weighted by atomic mass is 9.93. The zero-order valence-electron chi connectivity index (χ0n) is 21.0. The number of fused-ring (bicyclic) bond motifs is 1. The predicted octanol–water partition coefficient (Wildman–Crippen LogP) is 6.44. The molecule has 0 atom stereocenters. The van der Waals surface area contributed by atoms with Gasteiger partial charge in [0.15, 0.2) is 5.82 Å². The Labute approximate surface area is 233 Å². The summed E-state index contributed by atoms with van der Waals surface area (Å²) in [5.41, 5.74) is 0.106. The fourth-order valence-electron chi connectivity index (χ4n) is 4.26. The first-order chi connectivity index (χ1) is 19.5. The predicted molar refractivity (Wildman–Crippen MR) is 145 cm³/mol. The number of nitrogens with zero attached hydrogens (tertiary/aromatic N) is 3. The fourth-order valence-corrected chi connectivity index (χ4v) is 4.41. The number of aromatic amines is 1. The molecular formula is C28H18ClF4N5O3. The number of halogens is 5. The molecule has 2 N–H and O–H groups in total. The van der Waals surface area contributed by atoms with E-state index in [9.17, 15) is 27.2 Å². The number of aryl methyl sites for hydroxylation is 1. The number of amides is 1. The minimum absolute atomic E-state index is 0.00956. The molecule has 0 aliphatic rings. The average Bonchev–Trinajstić information content (AvgIpc) is 3.42. The van der Waals surface area contributed by atoms with Gasteiger partial charge in [0.2, 0.25) is 5.91 Å². The summed E-state index contributed by atoms with van der Waals surface area (Å²) in [4.78, 5) is 26.1. The van der Waals surface area contributed by atoms with Crippen LogP contribution in [-0.4, -0.2) is 26.5 Å². The summed E-state index contributed by atoms with van der Waals surface area (Å²) < 4.78 is 58.3. The maximum Gasteiger partial charge on any atom is 0.419 e. The number of carbonyl (C=O) groups excluding carboxylic acids is 1. The molecule has 0 fully saturated rings. The Kier molecular flexibility index (Phi) is 7.41. The fraction of sp³-hybridized carbons (Fsp3) is 0.107. The number of H-pyrrole nitrogens is 1. The lowest BCUT2D eigenvalue weighted by molar-refractivity contribution is -0.140. The maximum atomic E-state index is 14.0. The molecule has 0 spiro atoms. The monoisotopic (exact) mass is 583 g/mol. The van der Waals surface area contributed by atoms with Crippen LogP contribution in [0.25, 0.3) is 34.2 Å². The van der Waals surface area contributed by atoms with Crippen LogP contribution < -0.4 is 10.9 Å². The number of carbonyl (C=O) groups is 1. The highest BCUT2D eigenvalue weighted by Gasteiger charge is 2.34. The van der Waals surface area contributed by atoms with Crippen molar-refractivity contribution >= 4 is 46.3 Å². The molecule has 0 aliphatic heterocycles. The van der Waals surface area contributed by atoms with Crippen LogP contribution in [0.3, 0.4) is 0 Å². The van der Waals surface area contributed by atoms with E-state index in [1.165, 1.54) is 6.07 Å². The lowest BCUT2D eigenvalue weighted by Crippen LogP contribution is -2.21. The van der Waals surface area contributed by atoms with Gasteiger partial charge in [-0.1, -0.05) is 35.9 Å². The molecule has 2 aromatic heterocycles. The van der Waals surface area contributed by atoms with Gasteiger partial charge in [-0.2, -0.15) is 13.2 Å². The van der Waals surface area contributed by atoms with E-state index in [-0.39, 0.29) is 16.8 Å². The molecular weight excluding hydrogens is 566 g/mol. The van der Waals surface area contributed by atoms with Crippen molar-refractivity contribution in [3.05, 3.63) is 104 Å². The molecule has 13 heteroatoms. The first-order valence-electron chi connectivity index (χ1n) is 11.9. The first kappa shape index (κ1) is 27.7. The SMILES string of the molecule is Cc1cc2c(-c3cccc(C=Cc4nnn[nH]4)c3)c(CC(=O)Nc3ccc(C(F)(F)F)c(F)c3)c(=O)oc2cc1Cl. The third-order valence-corrected chi connectivity index (χ3v) is 6.55. The summed E-state index contributed by atoms with van der Waals surface area (Å²) in [5.74, 6) is -1.89. The Balaban J connectivity index is 1.56. The Morgan fingerprint density at radius 1 is 1.12 bits per heavy atom. The van der Waals surface area contributed by atoms with E-state index in [1.807, 2.05) is 6.07 Å². The number of hydrogen-bond acceptors (Lipinski definition) is 6. The number of anilines is 1. The summed E-state index contributed by atoms with van der Waals surface area (Å²) >= 11 is 6.26. The molecule has 0 unspecified atom stereocenters. The minimum Gasteiger partial charge on any atom is -0.422 e. The van der Waals surface area contributed by atoms with Crippen LogP contribution in [0.4, 0.5) is 23.2 Å². The smallest absolute Gasteiger partial charge is 0.419 e. The van der Waals surface area contributed by atoms with Gasteiger partial charge < -0.3 is 9.73 Å². The van der Waals surface area contributed by atoms with Crippen molar-refractivity contribution < 1.29 is 26.8 Å². The summed E-state index contributed by atoms with van der Waals surface area (Å²) in [6, 6.07) is 12.4. The standard InChI is InChI=1S/C28H18ClF4N5O3/c1-14-9-18-23(13-21(14)29)41-27(40)19(12-25(39)34-17-6-7-20(22(30)11-17)28(31,32)33)26(18)16-4-2-3-15(10-16)5-8-24-35-37-38-36-24/h2-11,13H,12H2,1H3,(H,34,39)(H,35,36,37,38). The third kappa shape index (κ3) is 6.02. The van der Waals surface area contributed by atoms with Crippen LogP contribution >= 0.6 is 11.6 Å². The number of tetrazole rings is 1. The molecule has 0 bridgehead atoms. The van der Waals surface area contributed by atoms with Crippen molar-refractivity contribution in [3.8, 4) is 11.1 Å². The molecule has 1 amide bonds. The van der Waals surface area contributed by atoms with Crippen molar-refractivity contribution in [1.29, 1.82) is 0 Å². The maximum absolute atomic E-state index is 14.0. The van der Waals surface area contributed by atoms with Crippen molar-refractivity contribution in [2.24, 2.45) is 0 Å². The van der Waals surface area contributed by atoms with Gasteiger partial charge in [0, 0.05) is 27.7 Å². The number of aromatic nitrogens is 4. The number of hydrogen-bond donors (Lipinski definition) is 2. The van der Waals surface area contributed by atoms with E-state index in [0.29, 0.717) is 45.1 Å². The second-order valence-electron chi connectivity index (χ2n) is 9.00. The number of nitrogens with one attached hydrogen (secondary N) is 2. The van der Waals surface area contributed by atoms with Gasteiger partial charge in [-0.05, 0) is 70.4 Å². The average molecular weight is 584 g/mol. The highest BCUT2D eigenvalue weighted by Crippen LogP contribution is 2.35. The molecule has 0 radical (unpaired) electrons. The molecule has 208 valence electrons. The van der Waals surface area contributed by atoms with Gasteiger partial charge in [-0.15, -0.1) is 5.10 Å². The van der Waals surface area contributed by atoms with E-state index in [2.05, 4.69) is 25.9 Å². The number of benzene rings is 3. The van der Waals surface area contributed by atoms with Gasteiger partial charge in [0.1, 0.15) is 11.4 Å². The van der Waals surface area contributed by atoms with E-state index in [4.69, 9.17) is 16.0 Å². The molecule has 0 aliphatic carbocycles. The summed E-state index contributed by atoms with van der Waals surface area (Å²) in [7, 11) is 0. The Bertz CT molecular complexity index is 1870. The molecule has 0 saturated carbocycles. The second-order valence-corrected chi connectivity index (χ2v) is 9.41. The van der Waals surface area contributed by atoms with E-state index >= 15 is 0 Å². The van der Waals surface area contributed by atoms with E-state index in [1.54, 1.807) is 43.3 Å². The van der Waals surface area contributed by atoms with Crippen LogP contribution in [0.1, 0.15) is 28.1 Å². The third-order valence-electron chi connectivity index (χ3n) is 6.15. The number of alkyl halides is 3. The largest absolute Gasteiger partial charge is 0.422 e. The zero-order chi connectivity index (χ0) is 29.3. The van der Waals surface area contributed by atoms with Crippen molar-refractivity contribution in [1.82, 2.24) is 20.6 Å². The Morgan fingerprint density at radius 2 is 1.93 bits per heavy atom. The highest BCUT2D eigenvalue weighted by atomic mass is 35.5. The normalized spacial score (nSPS) is 11.9. The zero-order valence-corrected chi connectivity index (χ0v) is 21.8. The Morgan fingerprint density at radius 3 is 2.63 bits per heavy atom.